The number of nitro benzene ring substituents is 1. The van der Waals surface area contributed by atoms with E-state index >= 15 is 0 Å². The third kappa shape index (κ3) is 5.92. The summed E-state index contributed by atoms with van der Waals surface area (Å²) < 4.78 is 5.43. The molecule has 146 valence electrons. The molecule has 9 nitrogen and oxygen atoms in total. The minimum Gasteiger partial charge on any atom is -0.488 e. The summed E-state index contributed by atoms with van der Waals surface area (Å²) in [5.41, 5.74) is 7.07. The summed E-state index contributed by atoms with van der Waals surface area (Å²) in [5, 5.41) is 28.5. The number of ether oxygens (including phenoxy) is 1. The monoisotopic (exact) mass is 386 g/mol. The van der Waals surface area contributed by atoms with Crippen LogP contribution in [0.1, 0.15) is 17.5 Å². The Morgan fingerprint density at radius 1 is 1.04 bits per heavy atom. The lowest BCUT2D eigenvalue weighted by Crippen LogP contribution is -2.46. The smallest absolute Gasteiger partial charge is 0.324 e. The topological polar surface area (TPSA) is 153 Å². The van der Waals surface area contributed by atoms with Gasteiger partial charge in [-0.1, -0.05) is 24.3 Å². The first kappa shape index (κ1) is 20.6. The van der Waals surface area contributed by atoms with E-state index in [1.165, 1.54) is 12.1 Å². The van der Waals surface area contributed by atoms with Crippen molar-refractivity contribution in [2.45, 2.75) is 18.6 Å². The summed E-state index contributed by atoms with van der Waals surface area (Å²) in [6, 6.07) is 11.1. The molecular formula is C19H18N2O7. The second-order valence-corrected chi connectivity index (χ2v) is 5.87. The van der Waals surface area contributed by atoms with Crippen molar-refractivity contribution < 1.29 is 29.5 Å². The Balaban J connectivity index is 2.06. The molecule has 0 amide bonds. The molecule has 0 radical (unpaired) electrons. The van der Waals surface area contributed by atoms with Gasteiger partial charge in [0.25, 0.3) is 5.69 Å². The van der Waals surface area contributed by atoms with Crippen LogP contribution in [0.5, 0.6) is 5.75 Å². The number of nitrogens with two attached hydrogens (primary N) is 1. The summed E-state index contributed by atoms with van der Waals surface area (Å²) in [5.74, 6) is -2.28. The lowest BCUT2D eigenvalue weighted by atomic mass is 10.1. The molecule has 4 N–H and O–H groups in total. The number of non-ortho nitro benzene ring substituents is 1. The predicted octanol–water partition coefficient (Wildman–Crippen LogP) is 2.40. The summed E-state index contributed by atoms with van der Waals surface area (Å²) in [6.07, 6.45) is 1.79. The van der Waals surface area contributed by atoms with Gasteiger partial charge in [-0.05, 0) is 35.4 Å². The maximum absolute atomic E-state index is 11.0. The van der Waals surface area contributed by atoms with Gasteiger partial charge >= 0.3 is 11.9 Å². The molecule has 0 saturated carbocycles. The van der Waals surface area contributed by atoms with Gasteiger partial charge in [0.15, 0.2) is 0 Å². The van der Waals surface area contributed by atoms with E-state index in [9.17, 15) is 19.7 Å². The zero-order valence-corrected chi connectivity index (χ0v) is 14.6. The number of carboxylic acids is 2. The normalized spacial score (nSPS) is 13.0. The molecule has 0 heterocycles. The van der Waals surface area contributed by atoms with Crippen molar-refractivity contribution in [1.29, 1.82) is 0 Å². The van der Waals surface area contributed by atoms with Crippen LogP contribution in [0.4, 0.5) is 5.69 Å². The predicted molar refractivity (Wildman–Crippen MR) is 101 cm³/mol. The molecule has 0 aliphatic heterocycles. The van der Waals surface area contributed by atoms with Gasteiger partial charge in [-0.2, -0.15) is 0 Å². The number of carbonyl (C=O) groups is 2. The van der Waals surface area contributed by atoms with Crippen molar-refractivity contribution in [2.75, 3.05) is 0 Å². The molecule has 0 aliphatic rings. The molecule has 2 aromatic carbocycles. The lowest BCUT2D eigenvalue weighted by molar-refractivity contribution is -0.384. The van der Waals surface area contributed by atoms with Crippen LogP contribution < -0.4 is 10.5 Å². The van der Waals surface area contributed by atoms with Gasteiger partial charge < -0.3 is 20.7 Å². The van der Waals surface area contributed by atoms with E-state index in [1.54, 1.807) is 48.6 Å². The Labute approximate surface area is 159 Å². The third-order valence-corrected chi connectivity index (χ3v) is 3.80. The number of nitrogens with zero attached hydrogens (tertiary/aromatic N) is 1. The minimum atomic E-state index is -1.47. The van der Waals surface area contributed by atoms with Crippen molar-refractivity contribution >= 4 is 29.8 Å². The van der Waals surface area contributed by atoms with Gasteiger partial charge in [0, 0.05) is 12.1 Å². The van der Waals surface area contributed by atoms with E-state index in [2.05, 4.69) is 0 Å². The van der Waals surface area contributed by atoms with Gasteiger partial charge in [-0.25, -0.2) is 0 Å². The van der Waals surface area contributed by atoms with Gasteiger partial charge in [-0.3, -0.25) is 19.7 Å². The molecule has 2 atom stereocenters. The van der Waals surface area contributed by atoms with E-state index < -0.39 is 35.4 Å². The number of aliphatic carboxylic acids is 2. The number of hydrogen-bond acceptors (Lipinski definition) is 6. The third-order valence-electron chi connectivity index (χ3n) is 3.80. The van der Waals surface area contributed by atoms with Crippen LogP contribution in [0.15, 0.2) is 48.5 Å². The van der Waals surface area contributed by atoms with Crippen molar-refractivity contribution in [3.63, 3.8) is 0 Å². The highest BCUT2D eigenvalue weighted by atomic mass is 16.6. The van der Waals surface area contributed by atoms with E-state index in [0.717, 1.165) is 11.1 Å². The fraction of sp³-hybridized carbons (Fsp3) is 0.158. The Kier molecular flexibility index (Phi) is 6.83. The average Bonchev–Trinajstić information content (AvgIpc) is 2.66. The molecule has 28 heavy (non-hydrogen) atoms. The van der Waals surface area contributed by atoms with Gasteiger partial charge in [0.1, 0.15) is 17.9 Å². The van der Waals surface area contributed by atoms with Gasteiger partial charge in [0.05, 0.1) is 11.3 Å². The van der Waals surface area contributed by atoms with Crippen molar-refractivity contribution in [3.8, 4) is 5.75 Å². The molecule has 2 rings (SSSR count). The molecule has 0 fully saturated rings. The molecular weight excluding hydrogens is 368 g/mol. The fourth-order valence-electron chi connectivity index (χ4n) is 2.30. The number of benzene rings is 2. The second-order valence-electron chi connectivity index (χ2n) is 5.87. The van der Waals surface area contributed by atoms with Crippen LogP contribution in [0.25, 0.3) is 12.2 Å². The Morgan fingerprint density at radius 3 is 1.96 bits per heavy atom. The Hall–Kier alpha value is -3.72. The highest BCUT2D eigenvalue weighted by molar-refractivity contribution is 5.76. The quantitative estimate of drug-likeness (QED) is 0.337. The number of nitro groups is 1. The zero-order valence-electron chi connectivity index (χ0n) is 14.6. The van der Waals surface area contributed by atoms with Crippen LogP contribution >= 0.6 is 0 Å². The minimum absolute atomic E-state index is 0.00846. The van der Waals surface area contributed by atoms with Crippen LogP contribution in [-0.4, -0.2) is 39.2 Å². The van der Waals surface area contributed by atoms with E-state index in [1.807, 2.05) is 0 Å². The summed E-state index contributed by atoms with van der Waals surface area (Å²) >= 11 is 0. The molecule has 0 aliphatic carbocycles. The Bertz CT molecular complexity index is 876. The summed E-state index contributed by atoms with van der Waals surface area (Å²) in [6.45, 7) is 0. The number of carboxylic acid groups (broad SMARTS) is 2. The van der Waals surface area contributed by atoms with Crippen LogP contribution in [0, 0.1) is 10.1 Å². The van der Waals surface area contributed by atoms with Crippen molar-refractivity contribution in [1.82, 2.24) is 0 Å². The summed E-state index contributed by atoms with van der Waals surface area (Å²) in [7, 11) is 0. The van der Waals surface area contributed by atoms with E-state index in [-0.39, 0.29) is 11.4 Å². The largest absolute Gasteiger partial charge is 0.488 e. The molecule has 9 heteroatoms. The van der Waals surface area contributed by atoms with Crippen molar-refractivity contribution in [2.24, 2.45) is 5.73 Å². The van der Waals surface area contributed by atoms with Gasteiger partial charge in [0.2, 0.25) is 0 Å². The highest BCUT2D eigenvalue weighted by Gasteiger charge is 2.28. The maximum atomic E-state index is 11.0. The molecule has 0 aromatic heterocycles. The lowest BCUT2D eigenvalue weighted by Gasteiger charge is -2.20. The first-order chi connectivity index (χ1) is 13.3. The average molecular weight is 386 g/mol. The second kappa shape index (κ2) is 9.28. The van der Waals surface area contributed by atoms with E-state index in [4.69, 9.17) is 20.7 Å². The molecule has 0 saturated heterocycles. The maximum Gasteiger partial charge on any atom is 0.324 e. The van der Waals surface area contributed by atoms with Crippen LogP contribution in [-0.2, 0) is 9.59 Å². The van der Waals surface area contributed by atoms with E-state index in [0.29, 0.717) is 0 Å². The zero-order chi connectivity index (χ0) is 20.7. The molecule has 2 aromatic rings. The first-order valence-electron chi connectivity index (χ1n) is 8.15. The SMILES string of the molecule is NC(C(=O)O)C(CC(=O)O)Oc1ccc(C=Cc2ccc([N+](=O)[O-])cc2)cc1. The molecule has 0 spiro atoms. The molecule has 2 unspecified atom stereocenters. The van der Waals surface area contributed by atoms with Crippen molar-refractivity contribution in [3.05, 3.63) is 69.8 Å². The van der Waals surface area contributed by atoms with Crippen LogP contribution in [0.3, 0.4) is 0 Å². The highest BCUT2D eigenvalue weighted by Crippen LogP contribution is 2.19. The number of rotatable bonds is 9. The molecule has 0 bridgehead atoms. The standard InChI is InChI=1S/C19H18N2O7/c20-18(19(24)25)16(11-17(22)23)28-15-9-5-13(6-10-15)2-1-12-3-7-14(8-4-12)21(26)27/h1-10,16,18H,11,20H2,(H,22,23)(H,24,25). The van der Waals surface area contributed by atoms with Gasteiger partial charge in [-0.15, -0.1) is 0 Å². The number of hydrogen-bond donors (Lipinski definition) is 3. The Morgan fingerprint density at radius 2 is 1.54 bits per heavy atom. The fourth-order valence-corrected chi connectivity index (χ4v) is 2.30. The summed E-state index contributed by atoms with van der Waals surface area (Å²) in [4.78, 5) is 32.1. The van der Waals surface area contributed by atoms with Crippen LogP contribution in [0.2, 0.25) is 0 Å². The first-order valence-corrected chi connectivity index (χ1v) is 8.15.